The minimum Gasteiger partial charge on any atom is -0.311 e. The van der Waals surface area contributed by atoms with E-state index in [1.807, 2.05) is 25.1 Å². The monoisotopic (exact) mass is 824 g/mol. The fourth-order valence-corrected chi connectivity index (χ4v) is 9.91. The smallest absolute Gasteiger partial charge is 0.311 e. The van der Waals surface area contributed by atoms with Gasteiger partial charge in [0.2, 0.25) is 0 Å². The molecule has 7 rings (SSSR count). The Morgan fingerprint density at radius 1 is 0.648 bits per heavy atom. The number of thiocarbonyl (C=S) groups is 2. The summed E-state index contributed by atoms with van der Waals surface area (Å²) in [7, 11) is 1.71. The molecule has 3 aromatic carbocycles. The largest absolute Gasteiger partial charge is 0.373 e. The van der Waals surface area contributed by atoms with E-state index in [9.17, 15) is 9.59 Å². The average Bonchev–Trinajstić information content (AvgIpc) is 3.94. The first-order chi connectivity index (χ1) is 26.0. The van der Waals surface area contributed by atoms with Crippen LogP contribution < -0.4 is 4.90 Å². The van der Waals surface area contributed by atoms with Crippen LogP contribution in [0.15, 0.2) is 107 Å². The number of carbonyl (C=O) groups is 2. The van der Waals surface area contributed by atoms with Gasteiger partial charge in [-0.2, -0.15) is 19.2 Å². The lowest BCUT2D eigenvalue weighted by atomic mass is 10.1. The highest BCUT2D eigenvalue weighted by atomic mass is 32.2. The van der Waals surface area contributed by atoms with E-state index in [0.717, 1.165) is 56.8 Å². The molecule has 2 aromatic heterocycles. The number of hydrogen-bond acceptors (Lipinski definition) is 13. The Bertz CT molecular complexity index is 2200. The van der Waals surface area contributed by atoms with Gasteiger partial charge in [0.05, 0.1) is 19.9 Å². The van der Waals surface area contributed by atoms with E-state index in [-0.39, 0.29) is 29.9 Å². The highest BCUT2D eigenvalue weighted by Gasteiger charge is 2.31. The fraction of sp³-hybridized carbons (Fsp3) is 0.100. The standard InChI is InChI=1S/C38H28N2O2S6.2CO2/c1-22-4-10-26(11-5-22)40(27-12-6-24(7-13-27)31-18-16-29(45-31)20-33-35(41)23(2)37(43)47-33)28-14-8-25(9-15-28)32-19-17-30(46-32)21-34-36(42)39(3)38(44)48-34;2*2-1-3/h4-21,23H,1-3H3;;/b33-20+,34-21-;;. The number of likely N-dealkylation sites (N-methyl/N-ethyl adjacent to an activating group) is 1. The van der Waals surface area contributed by atoms with Crippen molar-refractivity contribution in [1.29, 1.82) is 0 Å². The summed E-state index contributed by atoms with van der Waals surface area (Å²) in [6.45, 7) is 3.97. The lowest BCUT2D eigenvalue weighted by molar-refractivity contribution is -0.193. The molecule has 5 aromatic rings. The van der Waals surface area contributed by atoms with Crippen molar-refractivity contribution in [2.24, 2.45) is 5.92 Å². The molecule has 2 aliphatic heterocycles. The molecule has 0 radical (unpaired) electrons. The molecule has 270 valence electrons. The molecule has 0 bridgehead atoms. The summed E-state index contributed by atoms with van der Waals surface area (Å²) in [6.07, 6.45) is 4.39. The number of amides is 1. The predicted octanol–water partition coefficient (Wildman–Crippen LogP) is 10.2. The van der Waals surface area contributed by atoms with Crippen LogP contribution in [0.1, 0.15) is 22.2 Å². The van der Waals surface area contributed by atoms with Gasteiger partial charge >= 0.3 is 12.3 Å². The molecule has 0 spiro atoms. The third-order valence-electron chi connectivity index (χ3n) is 8.10. The minimum atomic E-state index is -0.195. The summed E-state index contributed by atoms with van der Waals surface area (Å²) in [4.78, 5) is 67.0. The van der Waals surface area contributed by atoms with E-state index >= 15 is 0 Å². The second-order valence-electron chi connectivity index (χ2n) is 11.6. The number of rotatable bonds is 7. The number of Topliss-reactive ketones (excluding diaryl/α,β-unsaturated/α-hetero) is 1. The number of hydrogen-bond donors (Lipinski definition) is 0. The Morgan fingerprint density at radius 3 is 1.46 bits per heavy atom. The second kappa shape index (κ2) is 18.4. The van der Waals surface area contributed by atoms with Crippen LogP contribution in [0.5, 0.6) is 0 Å². The third kappa shape index (κ3) is 9.43. The van der Waals surface area contributed by atoms with E-state index < -0.39 is 0 Å². The van der Waals surface area contributed by atoms with Crippen molar-refractivity contribution >= 4 is 132 Å². The predicted molar refractivity (Wildman–Crippen MR) is 226 cm³/mol. The Balaban J connectivity index is 0.000000878. The van der Waals surface area contributed by atoms with Crippen LogP contribution in [-0.2, 0) is 28.8 Å². The van der Waals surface area contributed by atoms with Crippen molar-refractivity contribution in [2.45, 2.75) is 13.8 Å². The van der Waals surface area contributed by atoms with Crippen LogP contribution in [0, 0.1) is 12.8 Å². The Labute approximate surface area is 338 Å². The van der Waals surface area contributed by atoms with E-state index in [1.54, 1.807) is 29.7 Å². The zero-order chi connectivity index (χ0) is 38.9. The van der Waals surface area contributed by atoms with Crippen LogP contribution in [0.4, 0.5) is 17.1 Å². The maximum Gasteiger partial charge on any atom is 0.373 e. The fourth-order valence-electron chi connectivity index (χ4n) is 5.33. The maximum atomic E-state index is 12.5. The number of nitrogens with zero attached hydrogens (tertiary/aromatic N) is 2. The molecule has 0 aliphatic carbocycles. The van der Waals surface area contributed by atoms with Crippen molar-refractivity contribution < 1.29 is 28.8 Å². The molecule has 2 fully saturated rings. The molecular weight excluding hydrogens is 797 g/mol. The Hall–Kier alpha value is -4.88. The molecule has 2 saturated heterocycles. The van der Waals surface area contributed by atoms with Gasteiger partial charge in [-0.25, -0.2) is 0 Å². The lowest BCUT2D eigenvalue weighted by Gasteiger charge is -2.26. The second-order valence-corrected chi connectivity index (χ2v) is 17.3. The average molecular weight is 825 g/mol. The highest BCUT2D eigenvalue weighted by molar-refractivity contribution is 8.27. The molecule has 14 heteroatoms. The van der Waals surface area contributed by atoms with Gasteiger partial charge in [0, 0.05) is 43.6 Å². The number of carbonyl (C=O) groups excluding carboxylic acids is 6. The van der Waals surface area contributed by atoms with Gasteiger partial charge in [0.25, 0.3) is 5.91 Å². The van der Waals surface area contributed by atoms with Gasteiger partial charge in [-0.15, -0.1) is 22.7 Å². The molecular formula is C40H28N2O6S6. The van der Waals surface area contributed by atoms with Crippen LogP contribution in [0.3, 0.4) is 0 Å². The minimum absolute atomic E-state index is 0.0530. The number of thiophene rings is 2. The maximum absolute atomic E-state index is 12.5. The van der Waals surface area contributed by atoms with Gasteiger partial charge in [-0.05, 0) is 97.8 Å². The van der Waals surface area contributed by atoms with Crippen molar-refractivity contribution in [3.63, 3.8) is 0 Å². The molecule has 8 nitrogen and oxygen atoms in total. The first-order valence-corrected chi connectivity index (χ1v) is 20.0. The zero-order valence-corrected chi connectivity index (χ0v) is 33.7. The first-order valence-electron chi connectivity index (χ1n) is 15.9. The number of anilines is 3. The Kier molecular flexibility index (Phi) is 13.8. The summed E-state index contributed by atoms with van der Waals surface area (Å²) >= 11 is 16.7. The normalized spacial score (nSPS) is 16.4. The number of benzene rings is 3. The quantitative estimate of drug-likeness (QED) is 0.116. The number of allylic oxidation sites excluding steroid dienone is 1. The van der Waals surface area contributed by atoms with Crippen LogP contribution in [0.25, 0.3) is 33.0 Å². The van der Waals surface area contributed by atoms with Crippen LogP contribution in [-0.4, -0.2) is 44.5 Å². The Morgan fingerprint density at radius 2 is 1.07 bits per heavy atom. The van der Waals surface area contributed by atoms with Crippen molar-refractivity contribution in [2.75, 3.05) is 11.9 Å². The van der Waals surface area contributed by atoms with Gasteiger partial charge in [0.15, 0.2) is 5.78 Å². The molecule has 54 heavy (non-hydrogen) atoms. The third-order valence-corrected chi connectivity index (χ3v) is 13.4. The van der Waals surface area contributed by atoms with Crippen molar-refractivity contribution in [3.05, 3.63) is 122 Å². The van der Waals surface area contributed by atoms with Gasteiger partial charge < -0.3 is 4.90 Å². The lowest BCUT2D eigenvalue weighted by Crippen LogP contribution is -2.22. The number of aryl methyl sites for hydroxylation is 1. The van der Waals surface area contributed by atoms with E-state index in [0.29, 0.717) is 9.23 Å². The van der Waals surface area contributed by atoms with Crippen LogP contribution >= 0.6 is 70.6 Å². The molecule has 4 heterocycles. The summed E-state index contributed by atoms with van der Waals surface area (Å²) in [5, 5.41) is 0. The molecule has 0 N–H and O–H groups in total. The molecule has 1 unspecified atom stereocenters. The zero-order valence-electron chi connectivity index (χ0n) is 28.8. The van der Waals surface area contributed by atoms with Crippen molar-refractivity contribution in [3.8, 4) is 20.9 Å². The van der Waals surface area contributed by atoms with E-state index in [1.165, 1.54) is 34.0 Å². The molecule has 2 aliphatic rings. The van der Waals surface area contributed by atoms with Gasteiger partial charge in [0.1, 0.15) is 4.32 Å². The highest BCUT2D eigenvalue weighted by Crippen LogP contribution is 2.41. The molecule has 1 amide bonds. The van der Waals surface area contributed by atoms with Gasteiger partial charge in [-0.1, -0.05) is 89.9 Å². The summed E-state index contributed by atoms with van der Waals surface area (Å²) in [5.41, 5.74) is 6.62. The topological polar surface area (TPSA) is 109 Å². The number of thioether (sulfide) groups is 2. The van der Waals surface area contributed by atoms with E-state index in [4.69, 9.17) is 43.6 Å². The summed E-state index contributed by atoms with van der Waals surface area (Å²) < 4.78 is 1.33. The van der Waals surface area contributed by atoms with Gasteiger partial charge in [-0.3, -0.25) is 14.5 Å². The summed E-state index contributed by atoms with van der Waals surface area (Å²) in [5.74, 6) is -0.136. The number of ketones is 1. The van der Waals surface area contributed by atoms with E-state index in [2.05, 4.69) is 103 Å². The first kappa shape index (κ1) is 40.3. The summed E-state index contributed by atoms with van der Waals surface area (Å²) in [6, 6.07) is 34.1. The molecule has 1 atom stereocenters. The SMILES string of the molecule is Cc1ccc(N(c2ccc(-c3ccc(/C=C4\SC(=S)N(C)C4=O)s3)cc2)c2ccc(-c3ccc(/C=C4/SC(=S)C(C)C4=O)s3)cc2)cc1.O=C=O.O=C=O. The van der Waals surface area contributed by atoms with Crippen molar-refractivity contribution in [1.82, 2.24) is 4.90 Å². The molecule has 0 saturated carbocycles. The van der Waals surface area contributed by atoms with Crippen LogP contribution in [0.2, 0.25) is 0 Å².